The van der Waals surface area contributed by atoms with Gasteiger partial charge in [-0.1, -0.05) is 35.9 Å². The van der Waals surface area contributed by atoms with Gasteiger partial charge in [0.2, 0.25) is 5.43 Å². The Kier molecular flexibility index (Phi) is 5.85. The van der Waals surface area contributed by atoms with E-state index >= 15 is 0 Å². The number of nitrogens with zero attached hydrogens (tertiary/aromatic N) is 2. The maximum absolute atomic E-state index is 12.6. The number of hydrogen-bond acceptors (Lipinski definition) is 3. The largest absolute Gasteiger partial charge is 0.360 e. The quantitative estimate of drug-likeness (QED) is 0.653. The normalized spacial score (nSPS) is 11.1. The van der Waals surface area contributed by atoms with Gasteiger partial charge in [-0.05, 0) is 43.4 Å². The van der Waals surface area contributed by atoms with Gasteiger partial charge in [0.05, 0.1) is 6.54 Å². The summed E-state index contributed by atoms with van der Waals surface area (Å²) >= 11 is 12.1. The molecule has 0 bridgehead atoms. The van der Waals surface area contributed by atoms with E-state index < -0.39 is 11.3 Å². The number of hydrogen-bond donors (Lipinski definition) is 1. The second-order valence-electron chi connectivity index (χ2n) is 6.60. The first-order valence-corrected chi connectivity index (χ1v) is 9.08. The zero-order valence-electron chi connectivity index (χ0n) is 15.0. The molecule has 1 heterocycles. The number of nitrogens with one attached hydrogen (secondary N) is 1. The average molecular weight is 404 g/mol. The van der Waals surface area contributed by atoms with Gasteiger partial charge < -0.3 is 9.88 Å². The number of H-pyrrole nitrogens is 1. The Hall–Kier alpha value is -2.34. The highest BCUT2D eigenvalue weighted by Gasteiger charge is 2.19. The van der Waals surface area contributed by atoms with Gasteiger partial charge in [-0.15, -0.1) is 0 Å². The standard InChI is InChI=1S/C20H19Cl2N3O2/c1-24(2)11-13-3-5-14(6-4-13)12-25(22)20(27)17-10-23-18-8-7-15(21)9-16(18)19(17)26/h3-10H,11-12H2,1-2H3,(H,23,26). The summed E-state index contributed by atoms with van der Waals surface area (Å²) in [4.78, 5) is 30.3. The second kappa shape index (κ2) is 8.13. The SMILES string of the molecule is CN(C)Cc1ccc(CN(Cl)C(=O)c2c[nH]c3ccc(Cl)cc3c2=O)cc1. The van der Waals surface area contributed by atoms with Gasteiger partial charge in [-0.25, -0.2) is 4.42 Å². The third-order valence-corrected chi connectivity index (χ3v) is 4.64. The van der Waals surface area contributed by atoms with E-state index in [0.717, 1.165) is 16.5 Å². The first-order chi connectivity index (χ1) is 12.8. The minimum Gasteiger partial charge on any atom is -0.360 e. The molecule has 27 heavy (non-hydrogen) atoms. The first-order valence-electron chi connectivity index (χ1n) is 8.36. The zero-order chi connectivity index (χ0) is 19.6. The summed E-state index contributed by atoms with van der Waals surface area (Å²) in [5.41, 5.74) is 2.23. The Balaban J connectivity index is 1.80. The summed E-state index contributed by atoms with van der Waals surface area (Å²) < 4.78 is 1.02. The molecule has 0 radical (unpaired) electrons. The molecule has 0 spiro atoms. The molecule has 0 saturated carbocycles. The van der Waals surface area contributed by atoms with E-state index in [0.29, 0.717) is 15.9 Å². The molecule has 3 aromatic rings. The predicted octanol–water partition coefficient (Wildman–Crippen LogP) is 4.04. The Morgan fingerprint density at radius 3 is 2.30 bits per heavy atom. The Morgan fingerprint density at radius 1 is 1.04 bits per heavy atom. The van der Waals surface area contributed by atoms with E-state index in [1.165, 1.54) is 17.8 Å². The molecule has 0 atom stereocenters. The molecule has 0 unspecified atom stereocenters. The van der Waals surface area contributed by atoms with E-state index in [2.05, 4.69) is 9.88 Å². The van der Waals surface area contributed by atoms with Gasteiger partial charge in [0.1, 0.15) is 5.56 Å². The fraction of sp³-hybridized carbons (Fsp3) is 0.200. The minimum atomic E-state index is -0.558. The van der Waals surface area contributed by atoms with Gasteiger partial charge in [0.25, 0.3) is 5.91 Å². The lowest BCUT2D eigenvalue weighted by Crippen LogP contribution is -2.27. The molecule has 2 aromatic carbocycles. The third-order valence-electron chi connectivity index (χ3n) is 4.14. The minimum absolute atomic E-state index is 0.0241. The van der Waals surface area contributed by atoms with Crippen molar-refractivity contribution >= 4 is 40.2 Å². The summed E-state index contributed by atoms with van der Waals surface area (Å²) in [5.74, 6) is -0.558. The molecule has 140 valence electrons. The summed E-state index contributed by atoms with van der Waals surface area (Å²) in [6.07, 6.45) is 1.39. The second-order valence-corrected chi connectivity index (χ2v) is 7.45. The monoisotopic (exact) mass is 403 g/mol. The topological polar surface area (TPSA) is 56.4 Å². The maximum atomic E-state index is 12.6. The molecule has 0 fully saturated rings. The molecular formula is C20H19Cl2N3O2. The Bertz CT molecular complexity index is 1030. The fourth-order valence-electron chi connectivity index (χ4n) is 2.83. The molecule has 5 nitrogen and oxygen atoms in total. The van der Waals surface area contributed by atoms with Crippen molar-refractivity contribution in [2.24, 2.45) is 0 Å². The van der Waals surface area contributed by atoms with Crippen molar-refractivity contribution in [1.29, 1.82) is 0 Å². The van der Waals surface area contributed by atoms with Crippen LogP contribution in [0.5, 0.6) is 0 Å². The van der Waals surface area contributed by atoms with E-state index in [1.807, 2.05) is 38.4 Å². The number of aromatic nitrogens is 1. The van der Waals surface area contributed by atoms with Crippen LogP contribution in [0, 0.1) is 0 Å². The van der Waals surface area contributed by atoms with Gasteiger partial charge >= 0.3 is 0 Å². The Morgan fingerprint density at radius 2 is 1.67 bits per heavy atom. The third kappa shape index (κ3) is 4.50. The number of amides is 1. The van der Waals surface area contributed by atoms with Crippen LogP contribution < -0.4 is 5.43 Å². The fourth-order valence-corrected chi connectivity index (χ4v) is 3.23. The van der Waals surface area contributed by atoms with Crippen LogP contribution in [0.1, 0.15) is 21.5 Å². The van der Waals surface area contributed by atoms with Crippen molar-refractivity contribution < 1.29 is 4.79 Å². The Labute approximate surface area is 167 Å². The number of halogens is 2. The van der Waals surface area contributed by atoms with Gasteiger partial charge in [-0.2, -0.15) is 0 Å². The lowest BCUT2D eigenvalue weighted by Gasteiger charge is -2.15. The van der Waals surface area contributed by atoms with Gasteiger partial charge in [0.15, 0.2) is 0 Å². The number of carbonyl (C=O) groups excluding carboxylic acids is 1. The van der Waals surface area contributed by atoms with Crippen molar-refractivity contribution in [3.8, 4) is 0 Å². The summed E-state index contributed by atoms with van der Waals surface area (Å²) in [6.45, 7) is 1.02. The van der Waals surface area contributed by atoms with Crippen molar-refractivity contribution in [3.05, 3.63) is 80.6 Å². The predicted molar refractivity (Wildman–Crippen MR) is 109 cm³/mol. The van der Waals surface area contributed by atoms with Crippen LogP contribution in [0.3, 0.4) is 0 Å². The van der Waals surface area contributed by atoms with Crippen LogP contribution >= 0.6 is 23.4 Å². The van der Waals surface area contributed by atoms with Gasteiger partial charge in [-0.3, -0.25) is 9.59 Å². The highest BCUT2D eigenvalue weighted by molar-refractivity contribution is 6.31. The molecule has 0 saturated heterocycles. The van der Waals surface area contributed by atoms with Crippen LogP contribution in [-0.2, 0) is 13.1 Å². The number of fused-ring (bicyclic) bond motifs is 1. The highest BCUT2D eigenvalue weighted by Crippen LogP contribution is 2.17. The lowest BCUT2D eigenvalue weighted by atomic mass is 10.1. The number of aromatic amines is 1. The van der Waals surface area contributed by atoms with Crippen LogP contribution in [0.25, 0.3) is 10.9 Å². The molecular weight excluding hydrogens is 385 g/mol. The highest BCUT2D eigenvalue weighted by atomic mass is 35.5. The molecule has 1 N–H and O–H groups in total. The number of benzene rings is 2. The lowest BCUT2D eigenvalue weighted by molar-refractivity contribution is 0.0856. The van der Waals surface area contributed by atoms with Crippen molar-refractivity contribution in [1.82, 2.24) is 14.3 Å². The van der Waals surface area contributed by atoms with Crippen LogP contribution in [0.15, 0.2) is 53.5 Å². The number of pyridine rings is 1. The van der Waals surface area contributed by atoms with Crippen LogP contribution in [-0.4, -0.2) is 34.3 Å². The number of rotatable bonds is 5. The maximum Gasteiger partial charge on any atom is 0.274 e. The number of carbonyl (C=O) groups is 1. The van der Waals surface area contributed by atoms with Crippen molar-refractivity contribution in [3.63, 3.8) is 0 Å². The zero-order valence-corrected chi connectivity index (χ0v) is 16.5. The van der Waals surface area contributed by atoms with Crippen molar-refractivity contribution in [2.45, 2.75) is 13.1 Å². The van der Waals surface area contributed by atoms with Crippen LogP contribution in [0.4, 0.5) is 0 Å². The van der Waals surface area contributed by atoms with E-state index in [9.17, 15) is 9.59 Å². The summed E-state index contributed by atoms with van der Waals surface area (Å²) in [7, 11) is 4.00. The average Bonchev–Trinajstić information content (AvgIpc) is 2.63. The van der Waals surface area contributed by atoms with Gasteiger partial charge in [0, 0.05) is 40.4 Å². The molecule has 3 rings (SSSR count). The van der Waals surface area contributed by atoms with Crippen molar-refractivity contribution in [2.75, 3.05) is 14.1 Å². The smallest absolute Gasteiger partial charge is 0.274 e. The molecule has 7 heteroatoms. The molecule has 0 aliphatic rings. The molecule has 0 aliphatic heterocycles. The summed E-state index contributed by atoms with van der Waals surface area (Å²) in [6, 6.07) is 12.7. The summed E-state index contributed by atoms with van der Waals surface area (Å²) in [5, 5.41) is 0.782. The van der Waals surface area contributed by atoms with E-state index in [-0.39, 0.29) is 12.1 Å². The van der Waals surface area contributed by atoms with E-state index in [4.69, 9.17) is 23.4 Å². The van der Waals surface area contributed by atoms with E-state index in [1.54, 1.807) is 12.1 Å². The van der Waals surface area contributed by atoms with Crippen LogP contribution in [0.2, 0.25) is 5.02 Å². The molecule has 1 aromatic heterocycles. The first kappa shape index (κ1) is 19.4. The molecule has 1 amide bonds. The molecule has 0 aliphatic carbocycles.